The summed E-state index contributed by atoms with van der Waals surface area (Å²) in [6.45, 7) is 4.45. The zero-order chi connectivity index (χ0) is 12.7. The molecule has 0 radical (unpaired) electrons. The minimum atomic E-state index is -1.75. The molecule has 5 nitrogen and oxygen atoms in total. The largest absolute Gasteiger partial charge is 0.396 e. The number of rotatable bonds is 7. The van der Waals surface area contributed by atoms with E-state index in [2.05, 4.69) is 6.58 Å². The summed E-state index contributed by atoms with van der Waals surface area (Å²) in [6.07, 6.45) is 3.33. The van der Waals surface area contributed by atoms with Crippen LogP contribution < -0.4 is 0 Å². The zero-order valence-electron chi connectivity index (χ0n) is 10.8. The molecule has 0 aromatic rings. The molecule has 100 valence electrons. The highest BCUT2D eigenvalue weighted by Gasteiger charge is 2.43. The molecule has 1 saturated heterocycles. The lowest BCUT2D eigenvalue weighted by Gasteiger charge is -2.38. The molecule has 17 heavy (non-hydrogen) atoms. The molecule has 0 aliphatic carbocycles. The van der Waals surface area contributed by atoms with E-state index in [0.29, 0.717) is 0 Å². The predicted molar refractivity (Wildman–Crippen MR) is 66.0 cm³/mol. The molecular formula is C11H22O5Si. The number of hydrogen-bond donors (Lipinski definition) is 0. The van der Waals surface area contributed by atoms with Gasteiger partial charge in [0.1, 0.15) is 0 Å². The Morgan fingerprint density at radius 3 is 2.41 bits per heavy atom. The van der Waals surface area contributed by atoms with Crippen LogP contribution in [-0.2, 0) is 23.1 Å². The fraction of sp³-hybridized carbons (Fsp3) is 0.818. The summed E-state index contributed by atoms with van der Waals surface area (Å²) in [4.78, 5) is 0. The lowest BCUT2D eigenvalue weighted by atomic mass is 10.3. The highest BCUT2D eigenvalue weighted by atomic mass is 28.3. The maximum Gasteiger partial charge on any atom is 0.326 e. The van der Waals surface area contributed by atoms with Crippen LogP contribution in [0.1, 0.15) is 12.8 Å². The van der Waals surface area contributed by atoms with Crippen LogP contribution in [0.25, 0.3) is 0 Å². The van der Waals surface area contributed by atoms with Crippen LogP contribution in [0.2, 0.25) is 6.04 Å². The van der Waals surface area contributed by atoms with Crippen molar-refractivity contribution in [3.05, 3.63) is 12.7 Å². The van der Waals surface area contributed by atoms with E-state index in [9.17, 15) is 0 Å². The Morgan fingerprint density at radius 2 is 2.00 bits per heavy atom. The van der Waals surface area contributed by atoms with Gasteiger partial charge < -0.3 is 23.1 Å². The second kappa shape index (κ2) is 7.25. The van der Waals surface area contributed by atoms with E-state index in [1.165, 1.54) is 14.2 Å². The van der Waals surface area contributed by atoms with Gasteiger partial charge in [-0.15, -0.1) is 6.58 Å². The van der Waals surface area contributed by atoms with Gasteiger partial charge >= 0.3 is 15.3 Å². The molecule has 0 aromatic carbocycles. The lowest BCUT2D eigenvalue weighted by Crippen LogP contribution is -2.52. The Bertz CT molecular complexity index is 226. The quantitative estimate of drug-likeness (QED) is 0.392. The summed E-state index contributed by atoms with van der Waals surface area (Å²) in [5.41, 5.74) is 0. The molecule has 0 saturated carbocycles. The summed E-state index contributed by atoms with van der Waals surface area (Å²) in [6, 6.07) is 0.960. The SMILES string of the molecule is C=CC(OC)C(OC)(OC)O[SiH]1CCCCO1. The van der Waals surface area contributed by atoms with Crippen LogP contribution in [-0.4, -0.2) is 49.3 Å². The second-order valence-electron chi connectivity index (χ2n) is 3.82. The van der Waals surface area contributed by atoms with Crippen LogP contribution in [0.4, 0.5) is 0 Å². The third-order valence-corrected chi connectivity index (χ3v) is 4.90. The normalized spacial score (nSPS) is 23.4. The first-order valence-corrected chi connectivity index (χ1v) is 7.53. The topological polar surface area (TPSA) is 46.2 Å². The Kier molecular flexibility index (Phi) is 6.32. The minimum Gasteiger partial charge on any atom is -0.396 e. The molecule has 1 rings (SSSR count). The Hall–Kier alpha value is -0.243. The van der Waals surface area contributed by atoms with Gasteiger partial charge in [-0.2, -0.15) is 0 Å². The first-order valence-electron chi connectivity index (χ1n) is 5.77. The molecule has 0 aromatic heterocycles. The third kappa shape index (κ3) is 3.61. The molecule has 0 bridgehead atoms. The van der Waals surface area contributed by atoms with Crippen molar-refractivity contribution < 1.29 is 23.1 Å². The number of hydrogen-bond acceptors (Lipinski definition) is 5. The highest BCUT2D eigenvalue weighted by Crippen LogP contribution is 2.26. The van der Waals surface area contributed by atoms with Gasteiger partial charge in [0.15, 0.2) is 6.10 Å². The Labute approximate surface area is 104 Å². The van der Waals surface area contributed by atoms with E-state index < -0.39 is 21.4 Å². The maximum absolute atomic E-state index is 5.90. The maximum atomic E-state index is 5.90. The van der Waals surface area contributed by atoms with Crippen molar-refractivity contribution in [2.75, 3.05) is 27.9 Å². The molecule has 6 heteroatoms. The van der Waals surface area contributed by atoms with Gasteiger partial charge in [0.2, 0.25) is 0 Å². The van der Waals surface area contributed by atoms with E-state index in [1.54, 1.807) is 13.2 Å². The van der Waals surface area contributed by atoms with Gasteiger partial charge in [-0.25, -0.2) is 0 Å². The highest BCUT2D eigenvalue weighted by molar-refractivity contribution is 6.44. The van der Waals surface area contributed by atoms with E-state index >= 15 is 0 Å². The van der Waals surface area contributed by atoms with Crippen molar-refractivity contribution in [2.45, 2.75) is 31.0 Å². The van der Waals surface area contributed by atoms with E-state index in [1.807, 2.05) is 0 Å². The van der Waals surface area contributed by atoms with Crippen molar-refractivity contribution in [3.63, 3.8) is 0 Å². The molecule has 0 N–H and O–H groups in total. The molecule has 1 fully saturated rings. The van der Waals surface area contributed by atoms with Crippen LogP contribution in [0.5, 0.6) is 0 Å². The number of ether oxygens (including phenoxy) is 3. The third-order valence-electron chi connectivity index (χ3n) is 2.82. The van der Waals surface area contributed by atoms with Crippen molar-refractivity contribution in [1.82, 2.24) is 0 Å². The van der Waals surface area contributed by atoms with E-state index in [4.69, 9.17) is 23.1 Å². The molecule has 1 heterocycles. The molecule has 2 unspecified atom stereocenters. The number of methoxy groups -OCH3 is 3. The molecular weight excluding hydrogens is 240 g/mol. The summed E-state index contributed by atoms with van der Waals surface area (Å²) in [5.74, 6) is -1.25. The summed E-state index contributed by atoms with van der Waals surface area (Å²) < 4.78 is 27.5. The summed E-state index contributed by atoms with van der Waals surface area (Å²) in [5, 5.41) is 0. The summed E-state index contributed by atoms with van der Waals surface area (Å²) in [7, 11) is 2.86. The molecule has 0 spiro atoms. The first kappa shape index (κ1) is 14.8. The van der Waals surface area contributed by atoms with Gasteiger partial charge in [-0.1, -0.05) is 6.08 Å². The average molecular weight is 262 g/mol. The second-order valence-corrected chi connectivity index (χ2v) is 5.82. The van der Waals surface area contributed by atoms with Crippen molar-refractivity contribution in [1.29, 1.82) is 0 Å². The van der Waals surface area contributed by atoms with Crippen LogP contribution in [0.15, 0.2) is 12.7 Å². The average Bonchev–Trinajstić information content (AvgIpc) is 2.40. The fourth-order valence-corrected chi connectivity index (χ4v) is 3.95. The van der Waals surface area contributed by atoms with Crippen LogP contribution >= 0.6 is 0 Å². The predicted octanol–water partition coefficient (Wildman–Crippen LogP) is 1.18. The van der Waals surface area contributed by atoms with Crippen LogP contribution in [0, 0.1) is 0 Å². The van der Waals surface area contributed by atoms with Gasteiger partial charge in [0.05, 0.1) is 0 Å². The fourth-order valence-electron chi connectivity index (χ4n) is 1.85. The molecule has 2 atom stereocenters. The standard InChI is InChI=1S/C11H22O5Si/c1-5-10(12-2)11(13-3,14-4)16-17-9-7-6-8-15-17/h5,10,17H,1,6-9H2,2-4H3. The first-order chi connectivity index (χ1) is 8.22. The Morgan fingerprint density at radius 1 is 1.29 bits per heavy atom. The van der Waals surface area contributed by atoms with Gasteiger partial charge in [0.25, 0.3) is 0 Å². The smallest absolute Gasteiger partial charge is 0.326 e. The lowest BCUT2D eigenvalue weighted by molar-refractivity contribution is -0.362. The van der Waals surface area contributed by atoms with E-state index in [0.717, 1.165) is 25.5 Å². The van der Waals surface area contributed by atoms with E-state index in [-0.39, 0.29) is 0 Å². The van der Waals surface area contributed by atoms with Crippen molar-refractivity contribution in [2.24, 2.45) is 0 Å². The monoisotopic (exact) mass is 262 g/mol. The molecule has 0 amide bonds. The van der Waals surface area contributed by atoms with Gasteiger partial charge in [-0.05, 0) is 18.9 Å². The van der Waals surface area contributed by atoms with Crippen molar-refractivity contribution in [3.8, 4) is 0 Å². The minimum absolute atomic E-state index is 0.490. The Balaban J connectivity index is 2.71. The van der Waals surface area contributed by atoms with Crippen LogP contribution in [0.3, 0.4) is 0 Å². The summed E-state index contributed by atoms with van der Waals surface area (Å²) >= 11 is 0. The van der Waals surface area contributed by atoms with Crippen molar-refractivity contribution >= 4 is 9.28 Å². The zero-order valence-corrected chi connectivity index (χ0v) is 12.0. The molecule has 1 aliphatic heterocycles. The molecule has 1 aliphatic rings. The van der Waals surface area contributed by atoms with Gasteiger partial charge in [-0.3, -0.25) is 0 Å². The van der Waals surface area contributed by atoms with Gasteiger partial charge in [0, 0.05) is 27.9 Å².